The Kier molecular flexibility index (Phi) is 5.34. The maximum absolute atomic E-state index is 12.8. The maximum Gasteiger partial charge on any atom is 0.233 e. The Bertz CT molecular complexity index is 763. The molecule has 1 aliphatic rings. The summed E-state index contributed by atoms with van der Waals surface area (Å²) in [5.74, 6) is 0.598. The van der Waals surface area contributed by atoms with Crippen molar-refractivity contribution in [3.63, 3.8) is 0 Å². The first kappa shape index (κ1) is 17.4. The summed E-state index contributed by atoms with van der Waals surface area (Å²) in [6.07, 6.45) is 4.04. The summed E-state index contributed by atoms with van der Waals surface area (Å²) < 4.78 is 1.75. The molecule has 5 heteroatoms. The minimum Gasteiger partial charge on any atom is -0.310 e. The number of carbonyl (C=O) groups excluding carboxylic acids is 1. The number of carbonyl (C=O) groups is 1. The van der Waals surface area contributed by atoms with Crippen molar-refractivity contribution < 1.29 is 4.79 Å². The van der Waals surface area contributed by atoms with Crippen LogP contribution in [0.5, 0.6) is 0 Å². The number of nitrogens with one attached hydrogen (secondary N) is 1. The van der Waals surface area contributed by atoms with Crippen LogP contribution in [0.1, 0.15) is 36.9 Å². The lowest BCUT2D eigenvalue weighted by Crippen LogP contribution is -2.25. The monoisotopic (exact) mass is 338 g/mol. The van der Waals surface area contributed by atoms with Crippen molar-refractivity contribution in [1.29, 1.82) is 0 Å². The number of benzene rings is 1. The lowest BCUT2D eigenvalue weighted by atomic mass is 9.96. The average molecular weight is 338 g/mol. The van der Waals surface area contributed by atoms with Gasteiger partial charge in [-0.1, -0.05) is 43.3 Å². The third-order valence-electron chi connectivity index (χ3n) is 4.73. The molecule has 0 bridgehead atoms. The number of rotatable bonds is 5. The van der Waals surface area contributed by atoms with E-state index in [-0.39, 0.29) is 11.8 Å². The lowest BCUT2D eigenvalue weighted by Gasteiger charge is -2.21. The second kappa shape index (κ2) is 7.66. The van der Waals surface area contributed by atoms with Crippen molar-refractivity contribution in [3.05, 3.63) is 53.7 Å². The Morgan fingerprint density at radius 2 is 2.04 bits per heavy atom. The summed E-state index contributed by atoms with van der Waals surface area (Å²) in [6, 6.07) is 11.9. The van der Waals surface area contributed by atoms with E-state index in [1.165, 1.54) is 5.57 Å². The van der Waals surface area contributed by atoms with E-state index < -0.39 is 0 Å². The first-order valence-electron chi connectivity index (χ1n) is 8.86. The number of likely N-dealkylation sites (N-methyl/N-ethyl adjacent to an activating group) is 1. The normalized spacial score (nSPS) is 16.4. The molecule has 5 nitrogen and oxygen atoms in total. The van der Waals surface area contributed by atoms with Crippen LogP contribution < -0.4 is 5.32 Å². The predicted molar refractivity (Wildman–Crippen MR) is 101 cm³/mol. The molecule has 1 unspecified atom stereocenters. The number of aryl methyl sites for hydroxylation is 1. The fourth-order valence-electron chi connectivity index (χ4n) is 3.29. The van der Waals surface area contributed by atoms with Gasteiger partial charge in [-0.15, -0.1) is 0 Å². The van der Waals surface area contributed by atoms with Crippen molar-refractivity contribution in [2.75, 3.05) is 25.5 Å². The Morgan fingerprint density at radius 3 is 2.72 bits per heavy atom. The molecule has 1 amide bonds. The third kappa shape index (κ3) is 3.99. The van der Waals surface area contributed by atoms with Crippen molar-refractivity contribution in [3.8, 4) is 0 Å². The van der Waals surface area contributed by atoms with Gasteiger partial charge in [0.1, 0.15) is 5.82 Å². The molecule has 132 valence electrons. The third-order valence-corrected chi connectivity index (χ3v) is 4.73. The molecule has 3 rings (SSSR count). The van der Waals surface area contributed by atoms with Crippen molar-refractivity contribution in [2.45, 2.75) is 25.7 Å². The van der Waals surface area contributed by atoms with Crippen LogP contribution in [-0.4, -0.2) is 40.7 Å². The first-order chi connectivity index (χ1) is 12.1. The SMILES string of the molecule is CCC(C(=O)Nc1cc(C2=CCCN(C)C2)nn1C)c1ccccc1. The van der Waals surface area contributed by atoms with Gasteiger partial charge in [-0.2, -0.15) is 5.10 Å². The van der Waals surface area contributed by atoms with Gasteiger partial charge in [-0.05, 0) is 31.0 Å². The van der Waals surface area contributed by atoms with E-state index in [1.54, 1.807) is 4.68 Å². The molecule has 0 aliphatic carbocycles. The summed E-state index contributed by atoms with van der Waals surface area (Å²) >= 11 is 0. The number of anilines is 1. The van der Waals surface area contributed by atoms with Crippen molar-refractivity contribution in [2.24, 2.45) is 7.05 Å². The smallest absolute Gasteiger partial charge is 0.233 e. The molecule has 0 spiro atoms. The molecule has 1 aromatic heterocycles. The van der Waals surface area contributed by atoms with Gasteiger partial charge in [0, 0.05) is 26.2 Å². The Balaban J connectivity index is 1.76. The molecule has 0 saturated heterocycles. The van der Waals surface area contributed by atoms with Crippen LogP contribution in [0, 0.1) is 0 Å². The van der Waals surface area contributed by atoms with Crippen LogP contribution in [0.4, 0.5) is 5.82 Å². The predicted octanol–water partition coefficient (Wildman–Crippen LogP) is 3.27. The van der Waals surface area contributed by atoms with Gasteiger partial charge < -0.3 is 10.2 Å². The van der Waals surface area contributed by atoms with E-state index in [0.29, 0.717) is 0 Å². The second-order valence-corrected chi connectivity index (χ2v) is 6.66. The number of hydrogen-bond donors (Lipinski definition) is 1. The van der Waals surface area contributed by atoms with Gasteiger partial charge in [-0.25, -0.2) is 0 Å². The van der Waals surface area contributed by atoms with Gasteiger partial charge in [-0.3, -0.25) is 9.48 Å². The highest BCUT2D eigenvalue weighted by molar-refractivity contribution is 5.95. The average Bonchev–Trinajstić information content (AvgIpc) is 2.97. The van der Waals surface area contributed by atoms with Gasteiger partial charge in [0.2, 0.25) is 5.91 Å². The highest BCUT2D eigenvalue weighted by atomic mass is 16.2. The van der Waals surface area contributed by atoms with Gasteiger partial charge >= 0.3 is 0 Å². The van der Waals surface area contributed by atoms with Crippen LogP contribution in [0.3, 0.4) is 0 Å². The zero-order valence-corrected chi connectivity index (χ0v) is 15.2. The summed E-state index contributed by atoms with van der Waals surface area (Å²) in [6.45, 7) is 4.01. The molecule has 1 N–H and O–H groups in total. The van der Waals surface area contributed by atoms with Crippen LogP contribution in [0.25, 0.3) is 5.57 Å². The molecule has 1 atom stereocenters. The molecule has 2 heterocycles. The number of hydrogen-bond acceptors (Lipinski definition) is 3. The Hall–Kier alpha value is -2.40. The summed E-state index contributed by atoms with van der Waals surface area (Å²) in [4.78, 5) is 15.0. The van der Waals surface area contributed by atoms with E-state index in [9.17, 15) is 4.79 Å². The van der Waals surface area contributed by atoms with E-state index >= 15 is 0 Å². The van der Waals surface area contributed by atoms with E-state index in [0.717, 1.165) is 43.0 Å². The molecule has 0 fully saturated rings. The molecular weight excluding hydrogens is 312 g/mol. The molecule has 2 aromatic rings. The zero-order chi connectivity index (χ0) is 17.8. The van der Waals surface area contributed by atoms with Crippen molar-refractivity contribution >= 4 is 17.3 Å². The molecule has 1 aromatic carbocycles. The quantitative estimate of drug-likeness (QED) is 0.910. The zero-order valence-electron chi connectivity index (χ0n) is 15.2. The number of nitrogens with zero attached hydrogens (tertiary/aromatic N) is 3. The van der Waals surface area contributed by atoms with Crippen LogP contribution in [0.15, 0.2) is 42.5 Å². The standard InChI is InChI=1S/C20H26N4O/c1-4-17(15-9-6-5-7-10-15)20(25)21-19-13-18(22-24(19)3)16-11-8-12-23(2)14-16/h5-7,9-11,13,17H,4,8,12,14H2,1-3H3,(H,21,25). The van der Waals surface area contributed by atoms with Crippen LogP contribution in [-0.2, 0) is 11.8 Å². The lowest BCUT2D eigenvalue weighted by molar-refractivity contribution is -0.117. The topological polar surface area (TPSA) is 50.2 Å². The van der Waals surface area contributed by atoms with Crippen LogP contribution in [0.2, 0.25) is 0 Å². The Morgan fingerprint density at radius 1 is 1.28 bits per heavy atom. The molecule has 0 radical (unpaired) electrons. The fraction of sp³-hybridized carbons (Fsp3) is 0.400. The highest BCUT2D eigenvalue weighted by Gasteiger charge is 2.21. The largest absolute Gasteiger partial charge is 0.310 e. The first-order valence-corrected chi connectivity index (χ1v) is 8.86. The summed E-state index contributed by atoms with van der Waals surface area (Å²) in [7, 11) is 3.99. The van der Waals surface area contributed by atoms with Gasteiger partial charge in [0.15, 0.2) is 0 Å². The fourth-order valence-corrected chi connectivity index (χ4v) is 3.29. The van der Waals surface area contributed by atoms with Crippen molar-refractivity contribution in [1.82, 2.24) is 14.7 Å². The molecule has 25 heavy (non-hydrogen) atoms. The van der Waals surface area contributed by atoms with E-state index in [1.807, 2.05) is 50.4 Å². The molecule has 0 saturated carbocycles. The minimum atomic E-state index is -0.153. The summed E-state index contributed by atoms with van der Waals surface area (Å²) in [5.41, 5.74) is 3.21. The van der Waals surface area contributed by atoms with Crippen LogP contribution >= 0.6 is 0 Å². The molecule has 1 aliphatic heterocycles. The number of amides is 1. The Labute approximate surface area is 149 Å². The van der Waals surface area contributed by atoms with Gasteiger partial charge in [0.05, 0.1) is 11.6 Å². The highest BCUT2D eigenvalue weighted by Crippen LogP contribution is 2.24. The minimum absolute atomic E-state index is 0.0120. The second-order valence-electron chi connectivity index (χ2n) is 6.66. The molecular formula is C20H26N4O. The number of aromatic nitrogens is 2. The van der Waals surface area contributed by atoms with E-state index in [4.69, 9.17) is 0 Å². The summed E-state index contributed by atoms with van der Waals surface area (Å²) in [5, 5.41) is 7.64. The maximum atomic E-state index is 12.8. The van der Waals surface area contributed by atoms with Gasteiger partial charge in [0.25, 0.3) is 0 Å². The van der Waals surface area contributed by atoms with E-state index in [2.05, 4.69) is 28.4 Å².